The van der Waals surface area contributed by atoms with E-state index >= 15 is 0 Å². The molecule has 0 bridgehead atoms. The lowest BCUT2D eigenvalue weighted by Crippen LogP contribution is -2.28. The van der Waals surface area contributed by atoms with Crippen LogP contribution < -0.4 is 10.6 Å². The van der Waals surface area contributed by atoms with Crippen molar-refractivity contribution in [3.8, 4) is 10.4 Å². The van der Waals surface area contributed by atoms with Crippen LogP contribution in [-0.2, 0) is 6.54 Å². The number of fused-ring (bicyclic) bond motifs is 1. The van der Waals surface area contributed by atoms with Gasteiger partial charge in [-0.15, -0.1) is 11.3 Å². The summed E-state index contributed by atoms with van der Waals surface area (Å²) >= 11 is 7.61. The Bertz CT molecular complexity index is 1060. The number of benzene rings is 1. The third kappa shape index (κ3) is 3.56. The first kappa shape index (κ1) is 16.6. The molecule has 0 aliphatic heterocycles. The Hall–Kier alpha value is -2.83. The molecule has 0 saturated heterocycles. The number of para-hydroxylation sites is 1. The van der Waals surface area contributed by atoms with Crippen molar-refractivity contribution in [2.75, 3.05) is 5.32 Å². The predicted molar refractivity (Wildman–Crippen MR) is 106 cm³/mol. The van der Waals surface area contributed by atoms with Crippen molar-refractivity contribution >= 4 is 40.3 Å². The van der Waals surface area contributed by atoms with Crippen molar-refractivity contribution in [1.29, 1.82) is 0 Å². The summed E-state index contributed by atoms with van der Waals surface area (Å²) in [7, 11) is 0. The fourth-order valence-corrected chi connectivity index (χ4v) is 3.61. The van der Waals surface area contributed by atoms with E-state index in [0.717, 1.165) is 27.5 Å². The number of carbonyl (C=O) groups is 1. The highest BCUT2D eigenvalue weighted by molar-refractivity contribution is 7.13. The van der Waals surface area contributed by atoms with Gasteiger partial charge >= 0.3 is 6.03 Å². The molecule has 2 amide bonds. The largest absolute Gasteiger partial charge is 0.332 e. The number of carbonyl (C=O) groups excluding carboxylic acids is 1. The zero-order valence-electron chi connectivity index (χ0n) is 13.6. The second kappa shape index (κ2) is 7.19. The molecule has 0 saturated carbocycles. The van der Waals surface area contributed by atoms with Crippen LogP contribution in [0.3, 0.4) is 0 Å². The number of thiophene rings is 1. The number of anilines is 1. The molecule has 0 spiro atoms. The van der Waals surface area contributed by atoms with Crippen LogP contribution in [0.5, 0.6) is 0 Å². The number of nitrogens with one attached hydrogen (secondary N) is 2. The summed E-state index contributed by atoms with van der Waals surface area (Å²) in [6, 6.07) is 15.1. The summed E-state index contributed by atoms with van der Waals surface area (Å²) in [6.45, 7) is 0.326. The molecule has 0 unspecified atom stereocenters. The van der Waals surface area contributed by atoms with E-state index in [2.05, 4.69) is 15.6 Å². The summed E-state index contributed by atoms with van der Waals surface area (Å²) in [5.41, 5.74) is 3.32. The lowest BCUT2D eigenvalue weighted by molar-refractivity contribution is 0.251. The number of halogens is 1. The van der Waals surface area contributed by atoms with E-state index in [1.54, 1.807) is 23.6 Å². The molecule has 0 aliphatic carbocycles. The van der Waals surface area contributed by atoms with Gasteiger partial charge in [0.15, 0.2) is 0 Å². The van der Waals surface area contributed by atoms with Gasteiger partial charge in [-0.2, -0.15) is 0 Å². The number of pyridine rings is 1. The lowest BCUT2D eigenvalue weighted by atomic mass is 10.1. The second-order valence-electron chi connectivity index (χ2n) is 5.68. The number of amides is 2. The molecule has 26 heavy (non-hydrogen) atoms. The number of urea groups is 1. The molecule has 1 aromatic carbocycles. The number of aromatic nitrogens is 2. The van der Waals surface area contributed by atoms with Gasteiger partial charge in [0.1, 0.15) is 5.65 Å². The highest BCUT2D eigenvalue weighted by Gasteiger charge is 2.09. The maximum atomic E-state index is 12.3. The topological polar surface area (TPSA) is 58.4 Å². The first-order valence-corrected chi connectivity index (χ1v) is 9.26. The Balaban J connectivity index is 1.44. The van der Waals surface area contributed by atoms with Gasteiger partial charge in [-0.1, -0.05) is 35.9 Å². The van der Waals surface area contributed by atoms with Crippen molar-refractivity contribution in [3.05, 3.63) is 77.0 Å². The van der Waals surface area contributed by atoms with E-state index in [1.165, 1.54) is 0 Å². The minimum atomic E-state index is -0.274. The Morgan fingerprint density at radius 3 is 2.85 bits per heavy atom. The van der Waals surface area contributed by atoms with Crippen LogP contribution in [-0.4, -0.2) is 15.4 Å². The predicted octanol–water partition coefficient (Wildman–Crippen LogP) is 5.04. The van der Waals surface area contributed by atoms with E-state index < -0.39 is 0 Å². The standard InChI is InChI=1S/C19H15ClN4OS/c20-13-7-8-18-22-14(12-24(18)11-13)10-21-19(25)23-16-5-2-1-4-15(16)17-6-3-9-26-17/h1-9,11-12H,10H2,(H2,21,23,25). The molecule has 7 heteroatoms. The second-order valence-corrected chi connectivity index (χ2v) is 7.06. The third-order valence-corrected chi connectivity index (χ3v) is 4.98. The minimum absolute atomic E-state index is 0.274. The monoisotopic (exact) mass is 382 g/mol. The molecule has 0 atom stereocenters. The average molecular weight is 383 g/mol. The molecule has 5 nitrogen and oxygen atoms in total. The van der Waals surface area contributed by atoms with Crippen molar-refractivity contribution < 1.29 is 4.79 Å². The molecule has 4 aromatic rings. The van der Waals surface area contributed by atoms with Crippen LogP contribution in [0, 0.1) is 0 Å². The molecular weight excluding hydrogens is 368 g/mol. The van der Waals surface area contributed by atoms with E-state index in [1.807, 2.05) is 58.4 Å². The summed E-state index contributed by atoms with van der Waals surface area (Å²) in [6.07, 6.45) is 3.63. The molecule has 3 aromatic heterocycles. The van der Waals surface area contributed by atoms with Crippen LogP contribution >= 0.6 is 22.9 Å². The number of hydrogen-bond acceptors (Lipinski definition) is 3. The molecule has 2 N–H and O–H groups in total. The number of hydrogen-bond donors (Lipinski definition) is 2. The number of nitrogens with zero attached hydrogens (tertiary/aromatic N) is 2. The first-order chi connectivity index (χ1) is 12.7. The SMILES string of the molecule is O=C(NCc1cn2cc(Cl)ccc2n1)Nc1ccccc1-c1cccs1. The zero-order chi connectivity index (χ0) is 17.9. The Labute approximate surface area is 159 Å². The van der Waals surface area contributed by atoms with Crippen molar-refractivity contribution in [2.24, 2.45) is 0 Å². The number of imidazole rings is 1. The maximum absolute atomic E-state index is 12.3. The van der Waals surface area contributed by atoms with Crippen LogP contribution in [0.1, 0.15) is 5.69 Å². The van der Waals surface area contributed by atoms with Gasteiger partial charge in [0, 0.05) is 22.8 Å². The van der Waals surface area contributed by atoms with Crippen LogP contribution in [0.4, 0.5) is 10.5 Å². The highest BCUT2D eigenvalue weighted by atomic mass is 35.5. The summed E-state index contributed by atoms with van der Waals surface area (Å²) in [5, 5.41) is 8.41. The van der Waals surface area contributed by atoms with Crippen LogP contribution in [0.2, 0.25) is 5.02 Å². The summed E-state index contributed by atoms with van der Waals surface area (Å²) in [4.78, 5) is 17.9. The minimum Gasteiger partial charge on any atom is -0.332 e. The molecule has 130 valence electrons. The van der Waals surface area contributed by atoms with Gasteiger partial charge < -0.3 is 15.0 Å². The van der Waals surface area contributed by atoms with Gasteiger partial charge in [-0.25, -0.2) is 9.78 Å². The molecule has 3 heterocycles. The molecule has 0 aliphatic rings. The average Bonchev–Trinajstić information content (AvgIpc) is 3.29. The zero-order valence-corrected chi connectivity index (χ0v) is 15.2. The van der Waals surface area contributed by atoms with Crippen LogP contribution in [0.25, 0.3) is 16.1 Å². The lowest BCUT2D eigenvalue weighted by Gasteiger charge is -2.10. The van der Waals surface area contributed by atoms with E-state index in [0.29, 0.717) is 11.6 Å². The summed E-state index contributed by atoms with van der Waals surface area (Å²) < 4.78 is 1.84. The Morgan fingerprint density at radius 2 is 2.00 bits per heavy atom. The molecule has 0 fully saturated rings. The van der Waals surface area contributed by atoms with Gasteiger partial charge in [0.05, 0.1) is 22.9 Å². The number of rotatable bonds is 4. The van der Waals surface area contributed by atoms with E-state index in [4.69, 9.17) is 11.6 Å². The Morgan fingerprint density at radius 1 is 1.12 bits per heavy atom. The summed E-state index contributed by atoms with van der Waals surface area (Å²) in [5.74, 6) is 0. The van der Waals surface area contributed by atoms with Crippen LogP contribution in [0.15, 0.2) is 66.3 Å². The molecular formula is C19H15ClN4OS. The smallest absolute Gasteiger partial charge is 0.319 e. The van der Waals surface area contributed by atoms with Crippen molar-refractivity contribution in [2.45, 2.75) is 6.54 Å². The van der Waals surface area contributed by atoms with Crippen molar-refractivity contribution in [1.82, 2.24) is 14.7 Å². The fraction of sp³-hybridized carbons (Fsp3) is 0.0526. The molecule has 0 radical (unpaired) electrons. The van der Waals surface area contributed by atoms with E-state index in [9.17, 15) is 4.79 Å². The van der Waals surface area contributed by atoms with Gasteiger partial charge in [0.25, 0.3) is 0 Å². The maximum Gasteiger partial charge on any atom is 0.319 e. The van der Waals surface area contributed by atoms with Gasteiger partial charge in [-0.05, 0) is 29.6 Å². The first-order valence-electron chi connectivity index (χ1n) is 8.00. The van der Waals surface area contributed by atoms with Crippen molar-refractivity contribution in [3.63, 3.8) is 0 Å². The highest BCUT2D eigenvalue weighted by Crippen LogP contribution is 2.31. The van der Waals surface area contributed by atoms with E-state index in [-0.39, 0.29) is 6.03 Å². The fourth-order valence-electron chi connectivity index (χ4n) is 2.68. The molecule has 4 rings (SSSR count). The van der Waals surface area contributed by atoms with Gasteiger partial charge in [0.2, 0.25) is 0 Å². The third-order valence-electron chi connectivity index (χ3n) is 3.86. The Kier molecular flexibility index (Phi) is 4.60. The normalized spacial score (nSPS) is 10.8. The van der Waals surface area contributed by atoms with Gasteiger partial charge in [-0.3, -0.25) is 0 Å². The quantitative estimate of drug-likeness (QED) is 0.519.